The van der Waals surface area contributed by atoms with Gasteiger partial charge in [0, 0.05) is 28.4 Å². The lowest BCUT2D eigenvalue weighted by atomic mass is 10.1. The van der Waals surface area contributed by atoms with E-state index in [1.54, 1.807) is 18.2 Å². The molecule has 2 aromatic carbocycles. The van der Waals surface area contributed by atoms with Crippen molar-refractivity contribution in [2.24, 2.45) is 11.5 Å². The van der Waals surface area contributed by atoms with Gasteiger partial charge >= 0.3 is 0 Å². The number of hydrogen-bond donors (Lipinski definition) is 3. The summed E-state index contributed by atoms with van der Waals surface area (Å²) in [4.78, 5) is 23.4. The number of benzene rings is 2. The first-order valence-corrected chi connectivity index (χ1v) is 6.58. The molecule has 0 saturated carbocycles. The third-order valence-corrected chi connectivity index (χ3v) is 3.08. The molecule has 5 N–H and O–H groups in total. The molecule has 0 fully saturated rings. The fourth-order valence-electron chi connectivity index (χ4n) is 1.84. The van der Waals surface area contributed by atoms with Crippen molar-refractivity contribution < 1.29 is 9.59 Å². The standard InChI is InChI=1S/C15H14ClN3O2/c16-12-6-10(14(18)20)5-11(7-12)15(21)19-13-3-1-2-9(4-13)8-17/h1-7H,8,17H2,(H2,18,20)(H,19,21). The van der Waals surface area contributed by atoms with Crippen LogP contribution in [0.5, 0.6) is 0 Å². The number of anilines is 1. The Hall–Kier alpha value is -2.37. The summed E-state index contributed by atoms with van der Waals surface area (Å²) in [6, 6.07) is 11.5. The van der Waals surface area contributed by atoms with Crippen molar-refractivity contribution >= 4 is 29.1 Å². The highest BCUT2D eigenvalue weighted by Gasteiger charge is 2.11. The molecule has 0 aliphatic rings. The summed E-state index contributed by atoms with van der Waals surface area (Å²) in [7, 11) is 0. The molecule has 0 aliphatic carbocycles. The number of amides is 2. The third kappa shape index (κ3) is 3.81. The summed E-state index contributed by atoms with van der Waals surface area (Å²) < 4.78 is 0. The average Bonchev–Trinajstić information content (AvgIpc) is 2.46. The van der Waals surface area contributed by atoms with E-state index in [-0.39, 0.29) is 22.1 Å². The van der Waals surface area contributed by atoms with Crippen LogP contribution in [-0.2, 0) is 6.54 Å². The molecule has 0 bridgehead atoms. The Morgan fingerprint density at radius 2 is 1.81 bits per heavy atom. The lowest BCUT2D eigenvalue weighted by molar-refractivity contribution is 0.1000. The van der Waals surface area contributed by atoms with Crippen molar-refractivity contribution in [3.63, 3.8) is 0 Å². The van der Waals surface area contributed by atoms with Crippen LogP contribution in [0.15, 0.2) is 42.5 Å². The van der Waals surface area contributed by atoms with Crippen molar-refractivity contribution in [1.82, 2.24) is 0 Å². The van der Waals surface area contributed by atoms with Gasteiger partial charge in [0.1, 0.15) is 0 Å². The lowest BCUT2D eigenvalue weighted by Gasteiger charge is -2.08. The van der Waals surface area contributed by atoms with E-state index >= 15 is 0 Å². The van der Waals surface area contributed by atoms with E-state index in [0.29, 0.717) is 12.2 Å². The van der Waals surface area contributed by atoms with Crippen LogP contribution in [0.4, 0.5) is 5.69 Å². The van der Waals surface area contributed by atoms with Crippen LogP contribution in [0.25, 0.3) is 0 Å². The number of primary amides is 1. The Morgan fingerprint density at radius 3 is 2.48 bits per heavy atom. The SMILES string of the molecule is NCc1cccc(NC(=O)c2cc(Cl)cc(C(N)=O)c2)c1. The summed E-state index contributed by atoms with van der Waals surface area (Å²) >= 11 is 5.88. The van der Waals surface area contributed by atoms with E-state index in [9.17, 15) is 9.59 Å². The van der Waals surface area contributed by atoms with E-state index in [4.69, 9.17) is 23.1 Å². The average molecular weight is 304 g/mol. The van der Waals surface area contributed by atoms with Gasteiger partial charge in [-0.3, -0.25) is 9.59 Å². The fraction of sp³-hybridized carbons (Fsp3) is 0.0667. The largest absolute Gasteiger partial charge is 0.366 e. The minimum atomic E-state index is -0.642. The maximum Gasteiger partial charge on any atom is 0.255 e. The molecule has 0 radical (unpaired) electrons. The van der Waals surface area contributed by atoms with E-state index in [1.165, 1.54) is 18.2 Å². The Kier molecular flexibility index (Phi) is 4.57. The predicted molar refractivity (Wildman–Crippen MR) is 82.3 cm³/mol. The molecule has 21 heavy (non-hydrogen) atoms. The van der Waals surface area contributed by atoms with Crippen molar-refractivity contribution in [1.29, 1.82) is 0 Å². The molecular weight excluding hydrogens is 290 g/mol. The maximum absolute atomic E-state index is 12.2. The number of carbonyl (C=O) groups excluding carboxylic acids is 2. The van der Waals surface area contributed by atoms with E-state index < -0.39 is 5.91 Å². The zero-order chi connectivity index (χ0) is 15.4. The molecule has 0 aliphatic heterocycles. The highest BCUT2D eigenvalue weighted by Crippen LogP contribution is 2.17. The molecule has 6 heteroatoms. The maximum atomic E-state index is 12.2. The van der Waals surface area contributed by atoms with Gasteiger partial charge in [0.2, 0.25) is 5.91 Å². The van der Waals surface area contributed by atoms with Gasteiger partial charge in [0.15, 0.2) is 0 Å². The zero-order valence-corrected chi connectivity index (χ0v) is 11.9. The molecule has 0 saturated heterocycles. The van der Waals surface area contributed by atoms with Crippen LogP contribution in [0.3, 0.4) is 0 Å². The van der Waals surface area contributed by atoms with Gasteiger partial charge in [0.25, 0.3) is 5.91 Å². The molecule has 2 rings (SSSR count). The van der Waals surface area contributed by atoms with Gasteiger partial charge in [-0.1, -0.05) is 23.7 Å². The molecule has 0 heterocycles. The number of nitrogens with two attached hydrogens (primary N) is 2. The first-order chi connectivity index (χ1) is 9.99. The Bertz CT molecular complexity index is 701. The van der Waals surface area contributed by atoms with Crippen LogP contribution in [-0.4, -0.2) is 11.8 Å². The van der Waals surface area contributed by atoms with Gasteiger partial charge < -0.3 is 16.8 Å². The summed E-state index contributed by atoms with van der Waals surface area (Å²) in [5.41, 5.74) is 12.7. The van der Waals surface area contributed by atoms with Gasteiger partial charge in [-0.15, -0.1) is 0 Å². The molecule has 0 spiro atoms. The number of rotatable bonds is 4. The zero-order valence-electron chi connectivity index (χ0n) is 11.1. The Morgan fingerprint density at radius 1 is 1.10 bits per heavy atom. The van der Waals surface area contributed by atoms with Crippen molar-refractivity contribution in [2.75, 3.05) is 5.32 Å². The lowest BCUT2D eigenvalue weighted by Crippen LogP contribution is -2.15. The topological polar surface area (TPSA) is 98.2 Å². The van der Waals surface area contributed by atoms with E-state index in [1.807, 2.05) is 6.07 Å². The molecule has 0 aromatic heterocycles. The minimum Gasteiger partial charge on any atom is -0.366 e. The van der Waals surface area contributed by atoms with Crippen LogP contribution in [0.2, 0.25) is 5.02 Å². The molecule has 0 unspecified atom stereocenters. The highest BCUT2D eigenvalue weighted by atomic mass is 35.5. The van der Waals surface area contributed by atoms with Gasteiger partial charge in [-0.05, 0) is 35.9 Å². The Balaban J connectivity index is 2.25. The fourth-order valence-corrected chi connectivity index (χ4v) is 2.08. The molecule has 5 nitrogen and oxygen atoms in total. The highest BCUT2D eigenvalue weighted by molar-refractivity contribution is 6.31. The second kappa shape index (κ2) is 6.39. The summed E-state index contributed by atoms with van der Waals surface area (Å²) in [5.74, 6) is -1.02. The van der Waals surface area contributed by atoms with Crippen molar-refractivity contribution in [3.8, 4) is 0 Å². The summed E-state index contributed by atoms with van der Waals surface area (Å²) in [5, 5.41) is 2.99. The second-order valence-corrected chi connectivity index (χ2v) is 4.89. The summed E-state index contributed by atoms with van der Waals surface area (Å²) in [6.07, 6.45) is 0. The third-order valence-electron chi connectivity index (χ3n) is 2.87. The van der Waals surface area contributed by atoms with Crippen LogP contribution in [0.1, 0.15) is 26.3 Å². The first-order valence-electron chi connectivity index (χ1n) is 6.20. The number of nitrogens with one attached hydrogen (secondary N) is 1. The molecule has 2 amide bonds. The van der Waals surface area contributed by atoms with E-state index in [0.717, 1.165) is 5.56 Å². The van der Waals surface area contributed by atoms with Crippen LogP contribution >= 0.6 is 11.6 Å². The number of hydrogen-bond acceptors (Lipinski definition) is 3. The van der Waals surface area contributed by atoms with Crippen LogP contribution < -0.4 is 16.8 Å². The monoisotopic (exact) mass is 303 g/mol. The molecule has 108 valence electrons. The molecule has 0 atom stereocenters. The van der Waals surface area contributed by atoms with Crippen molar-refractivity contribution in [3.05, 3.63) is 64.2 Å². The first kappa shape index (κ1) is 15.0. The predicted octanol–water partition coefficient (Wildman–Crippen LogP) is 2.15. The minimum absolute atomic E-state index is 0.184. The number of halogens is 1. The van der Waals surface area contributed by atoms with Gasteiger partial charge in [-0.2, -0.15) is 0 Å². The smallest absolute Gasteiger partial charge is 0.255 e. The quantitative estimate of drug-likeness (QED) is 0.807. The Labute approximate surface area is 126 Å². The number of carbonyl (C=O) groups is 2. The second-order valence-electron chi connectivity index (χ2n) is 4.45. The summed E-state index contributed by atoms with van der Waals surface area (Å²) in [6.45, 7) is 0.382. The molecule has 2 aromatic rings. The van der Waals surface area contributed by atoms with Crippen LogP contribution in [0, 0.1) is 0 Å². The molecular formula is C15H14ClN3O2. The van der Waals surface area contributed by atoms with E-state index in [2.05, 4.69) is 5.32 Å². The normalized spacial score (nSPS) is 10.2. The van der Waals surface area contributed by atoms with Crippen molar-refractivity contribution in [2.45, 2.75) is 6.54 Å². The van der Waals surface area contributed by atoms with Gasteiger partial charge in [0.05, 0.1) is 0 Å². The van der Waals surface area contributed by atoms with Gasteiger partial charge in [-0.25, -0.2) is 0 Å².